The molecule has 6 heteroatoms. The minimum absolute atomic E-state index is 0.216. The molecule has 5 N–H and O–H groups in total. The van der Waals surface area contributed by atoms with Gasteiger partial charge in [-0.1, -0.05) is 0 Å². The van der Waals surface area contributed by atoms with Crippen LogP contribution in [0.15, 0.2) is 0 Å². The van der Waals surface area contributed by atoms with E-state index in [0.717, 1.165) is 12.8 Å². The van der Waals surface area contributed by atoms with Gasteiger partial charge in [0.15, 0.2) is 0 Å². The number of piperidine rings is 1. The van der Waals surface area contributed by atoms with Crippen molar-refractivity contribution >= 4 is 6.09 Å². The predicted octanol–water partition coefficient (Wildman–Crippen LogP) is 0.672. The zero-order valence-electron chi connectivity index (χ0n) is 12.9. The molecular weight excluding hydrogens is 258 g/mol. The summed E-state index contributed by atoms with van der Waals surface area (Å²) in [4.78, 5) is 13.8. The van der Waals surface area contributed by atoms with Crippen molar-refractivity contribution in [2.24, 2.45) is 16.9 Å². The summed E-state index contributed by atoms with van der Waals surface area (Å²) in [6, 6.07) is 0. The largest absolute Gasteiger partial charge is 0.444 e. The Labute approximate surface area is 121 Å². The summed E-state index contributed by atoms with van der Waals surface area (Å²) < 4.78 is 5.41. The lowest BCUT2D eigenvalue weighted by molar-refractivity contribution is -0.00484. The predicted molar refractivity (Wildman–Crippen MR) is 78.2 cm³/mol. The van der Waals surface area contributed by atoms with Crippen LogP contribution in [0.1, 0.15) is 40.0 Å². The lowest BCUT2D eigenvalue weighted by atomic mass is 9.75. The Hall–Kier alpha value is -0.850. The van der Waals surface area contributed by atoms with Crippen LogP contribution in [0.4, 0.5) is 4.79 Å². The molecule has 1 fully saturated rings. The molecule has 1 saturated heterocycles. The number of carbonyl (C=O) groups is 1. The summed E-state index contributed by atoms with van der Waals surface area (Å²) in [5, 5.41) is 9.80. The van der Waals surface area contributed by atoms with Crippen LogP contribution in [0.25, 0.3) is 0 Å². The Morgan fingerprint density at radius 2 is 2.10 bits per heavy atom. The molecule has 1 heterocycles. The molecule has 0 spiro atoms. The van der Waals surface area contributed by atoms with Gasteiger partial charge in [-0.3, -0.25) is 0 Å². The van der Waals surface area contributed by atoms with Crippen molar-refractivity contribution in [2.45, 2.75) is 51.7 Å². The van der Waals surface area contributed by atoms with Gasteiger partial charge >= 0.3 is 6.09 Å². The van der Waals surface area contributed by atoms with Crippen LogP contribution in [0.2, 0.25) is 0 Å². The summed E-state index contributed by atoms with van der Waals surface area (Å²) in [7, 11) is 0. The standard InChI is InChI=1S/C14H29N3O3/c1-13(2,3)20-12(19)17-6-4-5-14(9-16,10-17)7-11(18)8-15/h11,18H,4-10,15-16H2,1-3H3. The first-order valence-electron chi connectivity index (χ1n) is 7.27. The second kappa shape index (κ2) is 6.74. The van der Waals surface area contributed by atoms with E-state index in [1.54, 1.807) is 4.90 Å². The Bertz CT molecular complexity index is 330. The lowest BCUT2D eigenvalue weighted by Gasteiger charge is -2.43. The SMILES string of the molecule is CC(C)(C)OC(=O)N1CCCC(CN)(CC(O)CN)C1. The summed E-state index contributed by atoms with van der Waals surface area (Å²) in [5.41, 5.74) is 10.6. The van der Waals surface area contributed by atoms with E-state index in [4.69, 9.17) is 16.2 Å². The fourth-order valence-corrected chi connectivity index (χ4v) is 2.69. The molecule has 0 aromatic carbocycles. The molecule has 0 radical (unpaired) electrons. The van der Waals surface area contributed by atoms with Crippen LogP contribution in [0.5, 0.6) is 0 Å². The number of amides is 1. The molecular formula is C14H29N3O3. The van der Waals surface area contributed by atoms with Crippen molar-refractivity contribution in [2.75, 3.05) is 26.2 Å². The van der Waals surface area contributed by atoms with E-state index in [0.29, 0.717) is 26.1 Å². The average molecular weight is 287 g/mol. The summed E-state index contributed by atoms with van der Waals surface area (Å²) >= 11 is 0. The van der Waals surface area contributed by atoms with Crippen molar-refractivity contribution in [3.63, 3.8) is 0 Å². The van der Waals surface area contributed by atoms with Crippen LogP contribution >= 0.6 is 0 Å². The fraction of sp³-hybridized carbons (Fsp3) is 0.929. The van der Waals surface area contributed by atoms with Crippen molar-refractivity contribution in [1.82, 2.24) is 4.90 Å². The molecule has 1 amide bonds. The number of carbonyl (C=O) groups excluding carboxylic acids is 1. The number of rotatable bonds is 4. The Kier molecular flexibility index (Phi) is 5.79. The van der Waals surface area contributed by atoms with Crippen molar-refractivity contribution in [1.29, 1.82) is 0 Å². The highest BCUT2D eigenvalue weighted by Gasteiger charge is 2.38. The Balaban J connectivity index is 2.70. The van der Waals surface area contributed by atoms with Crippen LogP contribution in [0.3, 0.4) is 0 Å². The smallest absolute Gasteiger partial charge is 0.410 e. The second-order valence-corrected chi connectivity index (χ2v) is 6.80. The molecule has 0 aromatic rings. The molecule has 2 unspecified atom stereocenters. The maximum atomic E-state index is 12.1. The van der Waals surface area contributed by atoms with Gasteiger partial charge in [0.25, 0.3) is 0 Å². The van der Waals surface area contributed by atoms with Gasteiger partial charge in [-0.05, 0) is 46.6 Å². The van der Waals surface area contributed by atoms with Crippen molar-refractivity contribution in [3.05, 3.63) is 0 Å². The maximum absolute atomic E-state index is 12.1. The van der Waals surface area contributed by atoms with Crippen molar-refractivity contribution < 1.29 is 14.6 Å². The number of hydrogen-bond acceptors (Lipinski definition) is 5. The maximum Gasteiger partial charge on any atom is 0.410 e. The third-order valence-corrected chi connectivity index (χ3v) is 3.69. The zero-order valence-corrected chi connectivity index (χ0v) is 12.9. The van der Waals surface area contributed by atoms with E-state index in [1.807, 2.05) is 20.8 Å². The molecule has 0 bridgehead atoms. The highest BCUT2D eigenvalue weighted by molar-refractivity contribution is 5.68. The topological polar surface area (TPSA) is 102 Å². The van der Waals surface area contributed by atoms with Gasteiger partial charge in [-0.15, -0.1) is 0 Å². The number of aliphatic hydroxyl groups is 1. The number of ether oxygens (including phenoxy) is 1. The van der Waals surface area contributed by atoms with Gasteiger partial charge in [-0.25, -0.2) is 4.79 Å². The second-order valence-electron chi connectivity index (χ2n) is 6.80. The van der Waals surface area contributed by atoms with Crippen LogP contribution < -0.4 is 11.5 Å². The lowest BCUT2D eigenvalue weighted by Crippen LogP contribution is -2.52. The van der Waals surface area contributed by atoms with Gasteiger partial charge in [0.05, 0.1) is 6.10 Å². The first kappa shape index (κ1) is 17.2. The summed E-state index contributed by atoms with van der Waals surface area (Å²) in [6.07, 6.45) is 1.42. The molecule has 0 aliphatic carbocycles. The van der Waals surface area contributed by atoms with E-state index in [9.17, 15) is 9.90 Å². The van der Waals surface area contributed by atoms with Gasteiger partial charge in [0.1, 0.15) is 5.60 Å². The fourth-order valence-electron chi connectivity index (χ4n) is 2.69. The van der Waals surface area contributed by atoms with Gasteiger partial charge in [0, 0.05) is 25.0 Å². The van der Waals surface area contributed by atoms with E-state index >= 15 is 0 Å². The minimum Gasteiger partial charge on any atom is -0.444 e. The zero-order chi connectivity index (χ0) is 15.4. The van der Waals surface area contributed by atoms with Crippen LogP contribution in [0, 0.1) is 5.41 Å². The molecule has 118 valence electrons. The van der Waals surface area contributed by atoms with E-state index in [-0.39, 0.29) is 18.1 Å². The molecule has 6 nitrogen and oxygen atoms in total. The Morgan fingerprint density at radius 1 is 1.45 bits per heavy atom. The average Bonchev–Trinajstić information content (AvgIpc) is 2.37. The third kappa shape index (κ3) is 4.92. The highest BCUT2D eigenvalue weighted by Crippen LogP contribution is 2.34. The summed E-state index contributed by atoms with van der Waals surface area (Å²) in [5.74, 6) is 0. The van der Waals surface area contributed by atoms with Gasteiger partial charge < -0.3 is 26.2 Å². The molecule has 1 aliphatic heterocycles. The van der Waals surface area contributed by atoms with E-state index < -0.39 is 11.7 Å². The molecule has 0 saturated carbocycles. The van der Waals surface area contributed by atoms with Gasteiger partial charge in [0.2, 0.25) is 0 Å². The molecule has 1 aliphatic rings. The molecule has 2 atom stereocenters. The monoisotopic (exact) mass is 287 g/mol. The number of likely N-dealkylation sites (tertiary alicyclic amines) is 1. The quantitative estimate of drug-likeness (QED) is 0.705. The van der Waals surface area contributed by atoms with E-state index in [2.05, 4.69) is 0 Å². The van der Waals surface area contributed by atoms with Gasteiger partial charge in [-0.2, -0.15) is 0 Å². The van der Waals surface area contributed by atoms with E-state index in [1.165, 1.54) is 0 Å². The Morgan fingerprint density at radius 3 is 2.60 bits per heavy atom. The third-order valence-electron chi connectivity index (χ3n) is 3.69. The molecule has 20 heavy (non-hydrogen) atoms. The molecule has 1 rings (SSSR count). The first-order valence-corrected chi connectivity index (χ1v) is 7.27. The summed E-state index contributed by atoms with van der Waals surface area (Å²) in [6.45, 7) is 7.40. The minimum atomic E-state index is -0.572. The number of nitrogens with two attached hydrogens (primary N) is 2. The van der Waals surface area contributed by atoms with Crippen molar-refractivity contribution in [3.8, 4) is 0 Å². The van der Waals surface area contributed by atoms with Crippen LogP contribution in [-0.4, -0.2) is 54.0 Å². The van der Waals surface area contributed by atoms with Crippen LogP contribution in [-0.2, 0) is 4.74 Å². The highest BCUT2D eigenvalue weighted by atomic mass is 16.6. The number of nitrogens with zero attached hydrogens (tertiary/aromatic N) is 1. The number of aliphatic hydroxyl groups excluding tert-OH is 1. The normalized spacial score (nSPS) is 25.4. The number of hydrogen-bond donors (Lipinski definition) is 3. The molecule has 0 aromatic heterocycles. The first-order chi connectivity index (χ1) is 9.21.